The summed E-state index contributed by atoms with van der Waals surface area (Å²) in [5.41, 5.74) is 1.55. The Kier molecular flexibility index (Phi) is 8.66. The Hall–Kier alpha value is -3.17. The molecular formula is C28H32N2O5S2. The molecule has 0 aliphatic carbocycles. The van der Waals surface area contributed by atoms with Gasteiger partial charge in [0.25, 0.3) is 5.56 Å². The number of methoxy groups -OCH3 is 1. The molecule has 0 spiro atoms. The van der Waals surface area contributed by atoms with Crippen LogP contribution in [0.15, 0.2) is 56.8 Å². The third-order valence-electron chi connectivity index (χ3n) is 5.89. The number of hydrogen-bond acceptors (Lipinski definition) is 8. The number of thiophene rings is 1. The number of allylic oxidation sites excluding steroid dienone is 1. The summed E-state index contributed by atoms with van der Waals surface area (Å²) in [7, 11) is 1.60. The number of nitrogens with zero attached hydrogens (tertiary/aromatic N) is 2. The highest BCUT2D eigenvalue weighted by Gasteiger charge is 2.34. The highest BCUT2D eigenvalue weighted by Crippen LogP contribution is 2.33. The number of aromatic nitrogens is 1. The van der Waals surface area contributed by atoms with Gasteiger partial charge in [0.1, 0.15) is 6.04 Å². The number of carbonyl (C=O) groups excluding carboxylic acids is 1. The standard InChI is InChI=1S/C28H32N2O5S2/c1-6-7-8-13-34-20-12-11-19(15-21(20)33-5)16-23-26(31)30-25(22-10-9-14-36-22)24(27(32)35-17(2)3)18(4)29-28(30)37-23/h9-12,14-17,25H,6-8,13H2,1-5H3. The van der Waals surface area contributed by atoms with Gasteiger partial charge in [0.05, 0.1) is 35.6 Å². The highest BCUT2D eigenvalue weighted by molar-refractivity contribution is 7.10. The Labute approximate surface area is 224 Å². The zero-order valence-electron chi connectivity index (χ0n) is 21.8. The van der Waals surface area contributed by atoms with Gasteiger partial charge in [-0.1, -0.05) is 43.2 Å². The lowest BCUT2D eigenvalue weighted by atomic mass is 10.0. The third kappa shape index (κ3) is 5.88. The molecule has 1 aromatic carbocycles. The van der Waals surface area contributed by atoms with Crippen LogP contribution in [0.25, 0.3) is 6.08 Å². The Bertz CT molecular complexity index is 1460. The van der Waals surface area contributed by atoms with E-state index in [-0.39, 0.29) is 11.7 Å². The van der Waals surface area contributed by atoms with E-state index in [0.29, 0.717) is 38.7 Å². The molecule has 0 saturated heterocycles. The SMILES string of the molecule is CCCCCOc1ccc(C=c2sc3n(c2=O)C(c2cccs2)C(C(=O)OC(C)C)=C(C)N=3)cc1OC. The van der Waals surface area contributed by atoms with Crippen LogP contribution in [-0.4, -0.2) is 30.4 Å². The quantitative estimate of drug-likeness (QED) is 0.272. The van der Waals surface area contributed by atoms with E-state index in [0.717, 1.165) is 29.7 Å². The molecule has 0 radical (unpaired) electrons. The molecule has 1 aliphatic rings. The maximum absolute atomic E-state index is 13.7. The first-order valence-corrected chi connectivity index (χ1v) is 14.1. The smallest absolute Gasteiger partial charge is 0.338 e. The molecule has 0 N–H and O–H groups in total. The van der Waals surface area contributed by atoms with Gasteiger partial charge in [-0.05, 0) is 62.4 Å². The summed E-state index contributed by atoms with van der Waals surface area (Å²) in [6, 6.07) is 8.89. The molecule has 1 aliphatic heterocycles. The van der Waals surface area contributed by atoms with Crippen LogP contribution in [0.5, 0.6) is 11.5 Å². The van der Waals surface area contributed by atoms with Crippen LogP contribution in [0, 0.1) is 0 Å². The minimum absolute atomic E-state index is 0.205. The van der Waals surface area contributed by atoms with Crippen LogP contribution in [0.1, 0.15) is 63.4 Å². The van der Waals surface area contributed by atoms with Crippen molar-refractivity contribution < 1.29 is 19.0 Å². The lowest BCUT2D eigenvalue weighted by Crippen LogP contribution is -2.39. The zero-order chi connectivity index (χ0) is 26.5. The second-order valence-corrected chi connectivity index (χ2v) is 11.0. The molecule has 1 unspecified atom stereocenters. The van der Waals surface area contributed by atoms with E-state index in [2.05, 4.69) is 11.9 Å². The van der Waals surface area contributed by atoms with Crippen LogP contribution < -0.4 is 24.4 Å². The maximum Gasteiger partial charge on any atom is 0.338 e. The molecule has 4 rings (SSSR count). The number of rotatable bonds is 10. The molecule has 0 amide bonds. The molecule has 0 saturated carbocycles. The second kappa shape index (κ2) is 11.9. The Morgan fingerprint density at radius 1 is 1.22 bits per heavy atom. The fourth-order valence-corrected chi connectivity index (χ4v) is 6.03. The van der Waals surface area contributed by atoms with Gasteiger partial charge in [0, 0.05) is 4.88 Å². The number of fused-ring (bicyclic) bond motifs is 1. The van der Waals surface area contributed by atoms with Crippen molar-refractivity contribution in [3.8, 4) is 11.5 Å². The number of ether oxygens (including phenoxy) is 3. The van der Waals surface area contributed by atoms with E-state index in [1.807, 2.05) is 41.8 Å². The van der Waals surface area contributed by atoms with Crippen molar-refractivity contribution in [2.75, 3.05) is 13.7 Å². The average Bonchev–Trinajstić information content (AvgIpc) is 3.49. The van der Waals surface area contributed by atoms with Crippen molar-refractivity contribution >= 4 is 34.7 Å². The first-order chi connectivity index (χ1) is 17.8. The maximum atomic E-state index is 13.7. The molecule has 9 heteroatoms. The predicted octanol–water partition coefficient (Wildman–Crippen LogP) is 4.83. The van der Waals surface area contributed by atoms with Gasteiger partial charge in [0.2, 0.25) is 0 Å². The third-order valence-corrected chi connectivity index (χ3v) is 7.80. The van der Waals surface area contributed by atoms with E-state index in [9.17, 15) is 9.59 Å². The number of carbonyl (C=O) groups is 1. The van der Waals surface area contributed by atoms with Gasteiger partial charge < -0.3 is 14.2 Å². The van der Waals surface area contributed by atoms with Gasteiger partial charge in [-0.15, -0.1) is 11.3 Å². The topological polar surface area (TPSA) is 79.1 Å². The summed E-state index contributed by atoms with van der Waals surface area (Å²) in [6.45, 7) is 8.18. The van der Waals surface area contributed by atoms with Crippen molar-refractivity contribution in [1.29, 1.82) is 0 Å². The Morgan fingerprint density at radius 3 is 2.70 bits per heavy atom. The van der Waals surface area contributed by atoms with Gasteiger partial charge in [-0.3, -0.25) is 9.36 Å². The van der Waals surface area contributed by atoms with Gasteiger partial charge >= 0.3 is 5.97 Å². The summed E-state index contributed by atoms with van der Waals surface area (Å²) in [5, 5.41) is 1.93. The van der Waals surface area contributed by atoms with E-state index in [1.165, 1.54) is 22.7 Å². The lowest BCUT2D eigenvalue weighted by Gasteiger charge is -2.24. The molecule has 7 nitrogen and oxygen atoms in total. The summed E-state index contributed by atoms with van der Waals surface area (Å²) < 4.78 is 19.1. The number of benzene rings is 1. The molecular weight excluding hydrogens is 508 g/mol. The van der Waals surface area contributed by atoms with Gasteiger partial charge in [-0.2, -0.15) is 0 Å². The molecule has 0 bridgehead atoms. The Morgan fingerprint density at radius 2 is 2.03 bits per heavy atom. The van der Waals surface area contributed by atoms with E-state index >= 15 is 0 Å². The van der Waals surface area contributed by atoms with Crippen molar-refractivity contribution in [3.05, 3.63) is 77.1 Å². The average molecular weight is 541 g/mol. The minimum Gasteiger partial charge on any atom is -0.493 e. The molecule has 1 atom stereocenters. The normalized spacial score (nSPS) is 15.5. The van der Waals surface area contributed by atoms with E-state index < -0.39 is 12.0 Å². The summed E-state index contributed by atoms with van der Waals surface area (Å²) in [5.74, 6) is 0.839. The monoisotopic (exact) mass is 540 g/mol. The number of thiazole rings is 1. The number of hydrogen-bond donors (Lipinski definition) is 0. The fourth-order valence-electron chi connectivity index (χ4n) is 4.16. The fraction of sp³-hybridized carbons (Fsp3) is 0.393. The van der Waals surface area contributed by atoms with Crippen LogP contribution in [0.2, 0.25) is 0 Å². The Balaban J connectivity index is 1.75. The first kappa shape index (κ1) is 26.9. The molecule has 3 heterocycles. The summed E-state index contributed by atoms with van der Waals surface area (Å²) >= 11 is 2.79. The molecule has 37 heavy (non-hydrogen) atoms. The number of esters is 1. The van der Waals surface area contributed by atoms with Crippen molar-refractivity contribution in [2.45, 2.75) is 59.1 Å². The van der Waals surface area contributed by atoms with Crippen LogP contribution in [0.3, 0.4) is 0 Å². The molecule has 196 valence electrons. The largest absolute Gasteiger partial charge is 0.493 e. The van der Waals surface area contributed by atoms with Crippen molar-refractivity contribution in [2.24, 2.45) is 4.99 Å². The summed E-state index contributed by atoms with van der Waals surface area (Å²) in [4.78, 5) is 32.8. The minimum atomic E-state index is -0.585. The first-order valence-electron chi connectivity index (χ1n) is 12.4. The van der Waals surface area contributed by atoms with Crippen LogP contribution in [0.4, 0.5) is 0 Å². The predicted molar refractivity (Wildman–Crippen MR) is 147 cm³/mol. The summed E-state index contributed by atoms with van der Waals surface area (Å²) in [6.07, 6.45) is 4.77. The van der Waals surface area contributed by atoms with Crippen molar-refractivity contribution in [3.63, 3.8) is 0 Å². The van der Waals surface area contributed by atoms with Gasteiger partial charge in [0.15, 0.2) is 16.3 Å². The second-order valence-electron chi connectivity index (χ2n) is 9.02. The molecule has 2 aromatic heterocycles. The van der Waals surface area contributed by atoms with Gasteiger partial charge in [-0.25, -0.2) is 9.79 Å². The molecule has 0 fully saturated rings. The number of unbranched alkanes of at least 4 members (excludes halogenated alkanes) is 2. The van der Waals surface area contributed by atoms with Crippen molar-refractivity contribution in [1.82, 2.24) is 4.57 Å². The molecule has 3 aromatic rings. The van der Waals surface area contributed by atoms with E-state index in [4.69, 9.17) is 14.2 Å². The van der Waals surface area contributed by atoms with E-state index in [1.54, 1.807) is 32.4 Å². The highest BCUT2D eigenvalue weighted by atomic mass is 32.1. The zero-order valence-corrected chi connectivity index (χ0v) is 23.4. The lowest BCUT2D eigenvalue weighted by molar-refractivity contribution is -0.143. The van der Waals surface area contributed by atoms with Crippen LogP contribution >= 0.6 is 22.7 Å². The van der Waals surface area contributed by atoms with Crippen LogP contribution in [-0.2, 0) is 9.53 Å².